The maximum Gasteiger partial charge on any atom is 0.201 e. The van der Waals surface area contributed by atoms with Crippen molar-refractivity contribution in [3.8, 4) is 5.75 Å². The molecule has 0 spiro atoms. The fourth-order valence-electron chi connectivity index (χ4n) is 2.49. The highest BCUT2D eigenvalue weighted by molar-refractivity contribution is 5.84. The summed E-state index contributed by atoms with van der Waals surface area (Å²) in [4.78, 5) is 4.50. The highest BCUT2D eigenvalue weighted by atomic mass is 16.5. The van der Waals surface area contributed by atoms with Crippen molar-refractivity contribution in [3.05, 3.63) is 18.2 Å². The topological polar surface area (TPSA) is 53.1 Å². The van der Waals surface area contributed by atoms with Crippen LogP contribution in [-0.4, -0.2) is 15.7 Å². The molecule has 0 aliphatic heterocycles. The predicted octanol–water partition coefficient (Wildman–Crippen LogP) is 3.84. The Balaban J connectivity index is 2.43. The second kappa shape index (κ2) is 6.16. The zero-order valence-corrected chi connectivity index (χ0v) is 12.9. The lowest BCUT2D eigenvalue weighted by molar-refractivity contribution is 0.245. The van der Waals surface area contributed by atoms with Crippen LogP contribution < -0.4 is 10.5 Å². The Morgan fingerprint density at radius 3 is 2.55 bits per heavy atom. The number of hydrogen-bond donors (Lipinski definition) is 1. The van der Waals surface area contributed by atoms with Crippen molar-refractivity contribution in [2.45, 2.75) is 53.2 Å². The quantitative estimate of drug-likeness (QED) is 0.871. The average molecular weight is 275 g/mol. The molecule has 0 radical (unpaired) electrons. The van der Waals surface area contributed by atoms with Crippen molar-refractivity contribution in [2.24, 2.45) is 5.92 Å². The molecule has 4 heteroatoms. The molecule has 0 saturated heterocycles. The molecule has 1 heterocycles. The summed E-state index contributed by atoms with van der Waals surface area (Å²) in [5, 5.41) is 0. The number of aromatic nitrogens is 2. The minimum atomic E-state index is 0.131. The maximum atomic E-state index is 6.11. The first kappa shape index (κ1) is 14.7. The molecule has 20 heavy (non-hydrogen) atoms. The van der Waals surface area contributed by atoms with Crippen molar-refractivity contribution in [3.63, 3.8) is 0 Å². The van der Waals surface area contributed by atoms with Gasteiger partial charge in [-0.3, -0.25) is 0 Å². The van der Waals surface area contributed by atoms with Crippen LogP contribution in [0.15, 0.2) is 18.2 Å². The molecule has 0 atom stereocenters. The van der Waals surface area contributed by atoms with Gasteiger partial charge >= 0.3 is 0 Å². The van der Waals surface area contributed by atoms with Gasteiger partial charge < -0.3 is 15.0 Å². The number of anilines is 1. The first-order chi connectivity index (χ1) is 9.56. The van der Waals surface area contributed by atoms with E-state index in [0.29, 0.717) is 11.9 Å². The molecule has 110 valence electrons. The highest BCUT2D eigenvalue weighted by Gasteiger charge is 2.15. The second-order valence-corrected chi connectivity index (χ2v) is 5.55. The summed E-state index contributed by atoms with van der Waals surface area (Å²) in [6, 6.07) is 6.02. The number of nitrogens with two attached hydrogens (primary N) is 1. The van der Waals surface area contributed by atoms with Crippen LogP contribution in [0.4, 0.5) is 5.95 Å². The van der Waals surface area contributed by atoms with Gasteiger partial charge in [0.1, 0.15) is 11.3 Å². The van der Waals surface area contributed by atoms with Crippen molar-refractivity contribution in [1.82, 2.24) is 9.55 Å². The lowest BCUT2D eigenvalue weighted by Gasteiger charge is -2.15. The molecular formula is C16H25N3O. The molecule has 0 fully saturated rings. The molecule has 2 aromatic rings. The number of benzene rings is 1. The van der Waals surface area contributed by atoms with E-state index in [0.717, 1.165) is 36.2 Å². The molecule has 0 aliphatic rings. The molecule has 1 aromatic heterocycles. The van der Waals surface area contributed by atoms with Crippen LogP contribution >= 0.6 is 0 Å². The minimum Gasteiger partial charge on any atom is -0.489 e. The van der Waals surface area contributed by atoms with Crippen LogP contribution in [0.25, 0.3) is 11.0 Å². The van der Waals surface area contributed by atoms with Gasteiger partial charge in [-0.25, -0.2) is 4.98 Å². The van der Waals surface area contributed by atoms with E-state index in [1.54, 1.807) is 0 Å². The Kier molecular flexibility index (Phi) is 4.53. The van der Waals surface area contributed by atoms with Crippen LogP contribution in [0.3, 0.4) is 0 Å². The number of para-hydroxylation sites is 1. The second-order valence-electron chi connectivity index (χ2n) is 5.55. The molecule has 0 saturated carbocycles. The summed E-state index contributed by atoms with van der Waals surface area (Å²) >= 11 is 0. The fourth-order valence-corrected chi connectivity index (χ4v) is 2.49. The number of hydrogen-bond acceptors (Lipinski definition) is 3. The van der Waals surface area contributed by atoms with Gasteiger partial charge in [0.05, 0.1) is 11.6 Å². The molecule has 0 unspecified atom stereocenters. The third-order valence-corrected chi connectivity index (χ3v) is 3.73. The Bertz CT molecular complexity index is 570. The predicted molar refractivity (Wildman–Crippen MR) is 84.0 cm³/mol. The summed E-state index contributed by atoms with van der Waals surface area (Å²) in [6.07, 6.45) is 2.43. The molecule has 4 nitrogen and oxygen atoms in total. The van der Waals surface area contributed by atoms with E-state index in [2.05, 4.69) is 29.5 Å². The zero-order valence-electron chi connectivity index (χ0n) is 12.9. The van der Waals surface area contributed by atoms with Gasteiger partial charge in [0, 0.05) is 6.54 Å². The Hall–Kier alpha value is -1.71. The third kappa shape index (κ3) is 2.89. The van der Waals surface area contributed by atoms with Crippen LogP contribution in [-0.2, 0) is 6.54 Å². The van der Waals surface area contributed by atoms with Gasteiger partial charge in [0.25, 0.3) is 0 Å². The van der Waals surface area contributed by atoms with Crippen molar-refractivity contribution in [2.75, 3.05) is 5.73 Å². The molecule has 0 aliphatic carbocycles. The summed E-state index contributed by atoms with van der Waals surface area (Å²) in [5.74, 6) is 2.02. The third-order valence-electron chi connectivity index (χ3n) is 3.73. The largest absolute Gasteiger partial charge is 0.489 e. The number of fused-ring (bicyclic) bond motifs is 1. The van der Waals surface area contributed by atoms with Crippen molar-refractivity contribution >= 4 is 17.0 Å². The molecule has 2 N–H and O–H groups in total. The lowest BCUT2D eigenvalue weighted by Crippen LogP contribution is -2.11. The van der Waals surface area contributed by atoms with Gasteiger partial charge in [-0.2, -0.15) is 0 Å². The summed E-state index contributed by atoms with van der Waals surface area (Å²) in [7, 11) is 0. The van der Waals surface area contributed by atoms with Crippen LogP contribution in [0.1, 0.15) is 40.5 Å². The number of nitrogens with zero attached hydrogens (tertiary/aromatic N) is 2. The van der Waals surface area contributed by atoms with Gasteiger partial charge in [0.2, 0.25) is 5.95 Å². The van der Waals surface area contributed by atoms with Crippen molar-refractivity contribution in [1.29, 1.82) is 0 Å². The fraction of sp³-hybridized carbons (Fsp3) is 0.562. The average Bonchev–Trinajstić information content (AvgIpc) is 2.73. The molecular weight excluding hydrogens is 250 g/mol. The number of ether oxygens (including phenoxy) is 1. The van der Waals surface area contributed by atoms with E-state index >= 15 is 0 Å². The number of nitrogen functional groups attached to an aromatic ring is 1. The van der Waals surface area contributed by atoms with Crippen molar-refractivity contribution < 1.29 is 4.74 Å². The van der Waals surface area contributed by atoms with Gasteiger partial charge in [0.15, 0.2) is 0 Å². The van der Waals surface area contributed by atoms with Gasteiger partial charge in [-0.15, -0.1) is 0 Å². The van der Waals surface area contributed by atoms with Gasteiger partial charge in [-0.1, -0.05) is 32.8 Å². The van der Waals surface area contributed by atoms with E-state index < -0.39 is 0 Å². The minimum absolute atomic E-state index is 0.131. The Morgan fingerprint density at radius 1 is 1.25 bits per heavy atom. The standard InChI is InChI=1S/C16H25N3O/c1-5-12(6-2)10-19-13-8-7-9-14(20-11(3)4)15(13)18-16(19)17/h7-9,11-12H,5-6,10H2,1-4H3,(H2,17,18). The maximum absolute atomic E-state index is 6.11. The lowest BCUT2D eigenvalue weighted by atomic mass is 10.0. The van der Waals surface area contributed by atoms with Crippen LogP contribution in [0, 0.1) is 5.92 Å². The molecule has 0 amide bonds. The first-order valence-corrected chi connectivity index (χ1v) is 7.48. The Morgan fingerprint density at radius 2 is 1.95 bits per heavy atom. The van der Waals surface area contributed by atoms with Crippen LogP contribution in [0.2, 0.25) is 0 Å². The highest BCUT2D eigenvalue weighted by Crippen LogP contribution is 2.29. The summed E-state index contributed by atoms with van der Waals surface area (Å²) < 4.78 is 7.93. The summed E-state index contributed by atoms with van der Waals surface area (Å²) in [6.45, 7) is 9.39. The van der Waals surface area contributed by atoms with E-state index in [1.165, 1.54) is 0 Å². The van der Waals surface area contributed by atoms with E-state index in [4.69, 9.17) is 10.5 Å². The van der Waals surface area contributed by atoms with Gasteiger partial charge in [-0.05, 0) is 31.9 Å². The van der Waals surface area contributed by atoms with Crippen LogP contribution in [0.5, 0.6) is 5.75 Å². The SMILES string of the molecule is CCC(CC)Cn1c(N)nc2c(OC(C)C)cccc21. The van der Waals surface area contributed by atoms with E-state index in [-0.39, 0.29) is 6.10 Å². The molecule has 1 aromatic carbocycles. The monoisotopic (exact) mass is 275 g/mol. The number of imidazole rings is 1. The number of rotatable bonds is 6. The van der Waals surface area contributed by atoms with E-state index in [1.807, 2.05) is 26.0 Å². The Labute approximate surface area is 120 Å². The first-order valence-electron chi connectivity index (χ1n) is 7.48. The molecule has 2 rings (SSSR count). The smallest absolute Gasteiger partial charge is 0.201 e. The zero-order chi connectivity index (χ0) is 14.7. The summed E-state index contributed by atoms with van der Waals surface area (Å²) in [5.41, 5.74) is 8.03. The molecule has 0 bridgehead atoms. The van der Waals surface area contributed by atoms with E-state index in [9.17, 15) is 0 Å². The normalized spacial score (nSPS) is 11.7.